The molecule has 0 radical (unpaired) electrons. The summed E-state index contributed by atoms with van der Waals surface area (Å²) in [6.07, 6.45) is 0. The van der Waals surface area contributed by atoms with E-state index in [9.17, 15) is 14.7 Å². The van der Waals surface area contributed by atoms with Gasteiger partial charge in [-0.15, -0.1) is 0 Å². The van der Waals surface area contributed by atoms with Crippen LogP contribution in [0.2, 0.25) is 0 Å². The van der Waals surface area contributed by atoms with Crippen LogP contribution in [0, 0.1) is 0 Å². The van der Waals surface area contributed by atoms with Crippen LogP contribution in [0.15, 0.2) is 30.3 Å². The molecule has 0 aliphatic carbocycles. The summed E-state index contributed by atoms with van der Waals surface area (Å²) in [4.78, 5) is 22.7. The number of carbonyl (C=O) groups excluding carboxylic acids is 2. The SMILES string of the molecule is COC(=O)c1cc(OC(C)=O)c2ccccc2c1O. The maximum absolute atomic E-state index is 11.6. The third-order valence-corrected chi connectivity index (χ3v) is 2.64. The summed E-state index contributed by atoms with van der Waals surface area (Å²) < 4.78 is 9.65. The number of benzene rings is 2. The second-order valence-corrected chi connectivity index (χ2v) is 3.90. The van der Waals surface area contributed by atoms with Gasteiger partial charge in [0.25, 0.3) is 0 Å². The Morgan fingerprint density at radius 2 is 1.79 bits per heavy atom. The predicted octanol–water partition coefficient (Wildman–Crippen LogP) is 2.26. The number of aromatic hydroxyl groups is 1. The van der Waals surface area contributed by atoms with E-state index in [1.54, 1.807) is 24.3 Å². The molecule has 0 unspecified atom stereocenters. The van der Waals surface area contributed by atoms with Crippen LogP contribution in [0.3, 0.4) is 0 Å². The third kappa shape index (κ3) is 2.35. The van der Waals surface area contributed by atoms with Crippen molar-refractivity contribution in [1.82, 2.24) is 0 Å². The molecular weight excluding hydrogens is 248 g/mol. The van der Waals surface area contributed by atoms with Gasteiger partial charge in [0.1, 0.15) is 17.1 Å². The molecule has 0 spiro atoms. The highest BCUT2D eigenvalue weighted by atomic mass is 16.5. The first-order chi connectivity index (χ1) is 9.04. The number of carbonyl (C=O) groups is 2. The lowest BCUT2D eigenvalue weighted by Crippen LogP contribution is -2.06. The first-order valence-corrected chi connectivity index (χ1v) is 5.56. The topological polar surface area (TPSA) is 72.8 Å². The quantitative estimate of drug-likeness (QED) is 0.662. The number of hydrogen-bond donors (Lipinski definition) is 1. The van der Waals surface area contributed by atoms with Crippen molar-refractivity contribution in [2.75, 3.05) is 7.11 Å². The Hall–Kier alpha value is -2.56. The van der Waals surface area contributed by atoms with Gasteiger partial charge in [0.2, 0.25) is 0 Å². The number of ether oxygens (including phenoxy) is 2. The average Bonchev–Trinajstić information content (AvgIpc) is 2.40. The van der Waals surface area contributed by atoms with Gasteiger partial charge in [-0.05, 0) is 6.07 Å². The Morgan fingerprint density at radius 1 is 1.16 bits per heavy atom. The van der Waals surface area contributed by atoms with Gasteiger partial charge in [0, 0.05) is 17.7 Å². The predicted molar refractivity (Wildman–Crippen MR) is 68.3 cm³/mol. The van der Waals surface area contributed by atoms with E-state index in [4.69, 9.17) is 4.74 Å². The van der Waals surface area contributed by atoms with Gasteiger partial charge in [-0.3, -0.25) is 4.79 Å². The Labute approximate surface area is 109 Å². The second-order valence-electron chi connectivity index (χ2n) is 3.90. The molecule has 0 bridgehead atoms. The number of phenolic OH excluding ortho intramolecular Hbond substituents is 1. The number of hydrogen-bond acceptors (Lipinski definition) is 5. The maximum Gasteiger partial charge on any atom is 0.341 e. The smallest absolute Gasteiger partial charge is 0.341 e. The van der Waals surface area contributed by atoms with Gasteiger partial charge in [-0.25, -0.2) is 4.79 Å². The minimum atomic E-state index is -0.698. The van der Waals surface area contributed by atoms with Gasteiger partial charge in [0.05, 0.1) is 7.11 Å². The summed E-state index contributed by atoms with van der Waals surface area (Å²) in [5, 5.41) is 11.0. The third-order valence-electron chi connectivity index (χ3n) is 2.64. The molecule has 2 rings (SSSR count). The number of esters is 2. The molecule has 0 heterocycles. The van der Waals surface area contributed by atoms with Gasteiger partial charge in [-0.1, -0.05) is 24.3 Å². The first kappa shape index (κ1) is 12.9. The highest BCUT2D eigenvalue weighted by Crippen LogP contribution is 2.36. The van der Waals surface area contributed by atoms with Crippen molar-refractivity contribution in [1.29, 1.82) is 0 Å². The van der Waals surface area contributed by atoms with Crippen LogP contribution in [0.4, 0.5) is 0 Å². The van der Waals surface area contributed by atoms with Crippen molar-refractivity contribution in [3.63, 3.8) is 0 Å². The number of phenols is 1. The molecule has 2 aromatic carbocycles. The fourth-order valence-corrected chi connectivity index (χ4v) is 1.83. The van der Waals surface area contributed by atoms with E-state index in [2.05, 4.69) is 4.74 Å². The van der Waals surface area contributed by atoms with Gasteiger partial charge in [0.15, 0.2) is 0 Å². The van der Waals surface area contributed by atoms with Gasteiger partial charge in [-0.2, -0.15) is 0 Å². The van der Waals surface area contributed by atoms with Crippen molar-refractivity contribution in [3.8, 4) is 11.5 Å². The highest BCUT2D eigenvalue weighted by molar-refractivity contribution is 6.04. The standard InChI is InChI=1S/C14H12O5/c1-8(15)19-12-7-11(14(17)18-2)13(16)10-6-4-3-5-9(10)12/h3-7,16H,1-2H3. The van der Waals surface area contributed by atoms with Crippen LogP contribution in [0.1, 0.15) is 17.3 Å². The van der Waals surface area contributed by atoms with E-state index in [-0.39, 0.29) is 17.1 Å². The minimum Gasteiger partial charge on any atom is -0.506 e. The molecule has 0 aromatic heterocycles. The van der Waals surface area contributed by atoms with Gasteiger partial charge >= 0.3 is 11.9 Å². The highest BCUT2D eigenvalue weighted by Gasteiger charge is 2.18. The molecule has 0 aliphatic rings. The number of methoxy groups -OCH3 is 1. The molecule has 0 fully saturated rings. The van der Waals surface area contributed by atoms with E-state index in [1.807, 2.05) is 0 Å². The summed E-state index contributed by atoms with van der Waals surface area (Å²) in [6.45, 7) is 1.26. The molecule has 5 nitrogen and oxygen atoms in total. The summed E-state index contributed by atoms with van der Waals surface area (Å²) in [5.74, 6) is -1.19. The van der Waals surface area contributed by atoms with E-state index < -0.39 is 11.9 Å². The molecule has 5 heteroatoms. The number of rotatable bonds is 2. The summed E-state index contributed by atoms with van der Waals surface area (Å²) in [6, 6.07) is 8.07. The molecule has 0 amide bonds. The summed E-state index contributed by atoms with van der Waals surface area (Å²) >= 11 is 0. The first-order valence-electron chi connectivity index (χ1n) is 5.56. The summed E-state index contributed by atoms with van der Waals surface area (Å²) in [5.41, 5.74) is -0.0440. The number of fused-ring (bicyclic) bond motifs is 1. The Kier molecular flexibility index (Phi) is 3.37. The lowest BCUT2D eigenvalue weighted by Gasteiger charge is -2.11. The van der Waals surface area contributed by atoms with Crippen molar-refractivity contribution in [3.05, 3.63) is 35.9 Å². The van der Waals surface area contributed by atoms with Crippen molar-refractivity contribution in [2.45, 2.75) is 6.92 Å². The zero-order valence-electron chi connectivity index (χ0n) is 10.5. The van der Waals surface area contributed by atoms with E-state index in [0.717, 1.165) is 0 Å². The molecule has 0 saturated carbocycles. The summed E-state index contributed by atoms with van der Waals surface area (Å²) in [7, 11) is 1.21. The molecular formula is C14H12O5. The van der Waals surface area contributed by atoms with E-state index in [0.29, 0.717) is 10.8 Å². The van der Waals surface area contributed by atoms with Crippen LogP contribution in [-0.2, 0) is 9.53 Å². The molecule has 98 valence electrons. The van der Waals surface area contributed by atoms with Crippen LogP contribution in [0.5, 0.6) is 11.5 Å². The molecule has 1 N–H and O–H groups in total. The Balaban J connectivity index is 2.75. The second kappa shape index (κ2) is 4.97. The maximum atomic E-state index is 11.6. The lowest BCUT2D eigenvalue weighted by molar-refractivity contribution is -0.131. The molecule has 0 saturated heterocycles. The van der Waals surface area contributed by atoms with Crippen LogP contribution >= 0.6 is 0 Å². The lowest BCUT2D eigenvalue weighted by atomic mass is 10.0. The molecule has 2 aromatic rings. The van der Waals surface area contributed by atoms with E-state index in [1.165, 1.54) is 20.1 Å². The molecule has 0 aliphatic heterocycles. The van der Waals surface area contributed by atoms with Crippen LogP contribution in [-0.4, -0.2) is 24.2 Å². The Bertz CT molecular complexity index is 660. The fraction of sp³-hybridized carbons (Fsp3) is 0.143. The van der Waals surface area contributed by atoms with Crippen LogP contribution in [0.25, 0.3) is 10.8 Å². The van der Waals surface area contributed by atoms with Crippen molar-refractivity contribution >= 4 is 22.7 Å². The van der Waals surface area contributed by atoms with E-state index >= 15 is 0 Å². The average molecular weight is 260 g/mol. The fourth-order valence-electron chi connectivity index (χ4n) is 1.83. The monoisotopic (exact) mass is 260 g/mol. The van der Waals surface area contributed by atoms with Crippen molar-refractivity contribution in [2.24, 2.45) is 0 Å². The molecule has 19 heavy (non-hydrogen) atoms. The Morgan fingerprint density at radius 3 is 2.37 bits per heavy atom. The normalized spacial score (nSPS) is 10.2. The molecule has 0 atom stereocenters. The zero-order chi connectivity index (χ0) is 14.0. The largest absolute Gasteiger partial charge is 0.506 e. The van der Waals surface area contributed by atoms with Crippen LogP contribution < -0.4 is 4.74 Å². The minimum absolute atomic E-state index is 0.0440. The van der Waals surface area contributed by atoms with Crippen molar-refractivity contribution < 1.29 is 24.2 Å². The zero-order valence-corrected chi connectivity index (χ0v) is 10.5. The van der Waals surface area contributed by atoms with Gasteiger partial charge < -0.3 is 14.6 Å².